The Hall–Kier alpha value is -2.45. The Labute approximate surface area is 121 Å². The van der Waals surface area contributed by atoms with Crippen molar-refractivity contribution < 1.29 is 31.5 Å². The van der Waals surface area contributed by atoms with E-state index in [2.05, 4.69) is 9.84 Å². The summed E-state index contributed by atoms with van der Waals surface area (Å²) in [5, 5.41) is 3.57. The number of hydrogen-bond donors (Lipinski definition) is 0. The first kappa shape index (κ1) is 15.9. The average Bonchev–Trinajstić information content (AvgIpc) is 2.83. The van der Waals surface area contributed by atoms with Crippen molar-refractivity contribution in [3.05, 3.63) is 53.4 Å². The van der Waals surface area contributed by atoms with Crippen LogP contribution in [0.3, 0.4) is 0 Å². The molecule has 2 rings (SSSR count). The molecule has 0 radical (unpaired) electrons. The van der Waals surface area contributed by atoms with Gasteiger partial charge < -0.3 is 4.74 Å². The highest BCUT2D eigenvalue weighted by atomic mass is 19.4. The Morgan fingerprint density at radius 1 is 1.27 bits per heavy atom. The summed E-state index contributed by atoms with van der Waals surface area (Å²) in [6, 6.07) is 1.92. The zero-order chi connectivity index (χ0) is 16.5. The summed E-state index contributed by atoms with van der Waals surface area (Å²) in [6.45, 7) is 0. The van der Waals surface area contributed by atoms with Crippen molar-refractivity contribution in [3.63, 3.8) is 0 Å². The maximum atomic E-state index is 13.0. The zero-order valence-electron chi connectivity index (χ0n) is 11.1. The number of aryl methyl sites for hydroxylation is 1. The van der Waals surface area contributed by atoms with E-state index in [1.165, 1.54) is 7.05 Å². The number of aromatic nitrogens is 2. The van der Waals surface area contributed by atoms with E-state index in [4.69, 9.17) is 0 Å². The van der Waals surface area contributed by atoms with Gasteiger partial charge in [0.2, 0.25) is 6.10 Å². The molecule has 0 aliphatic rings. The van der Waals surface area contributed by atoms with Crippen molar-refractivity contribution in [2.75, 3.05) is 0 Å². The molecule has 0 amide bonds. The second kappa shape index (κ2) is 5.74. The molecular formula is C13H9F5N2O2. The highest BCUT2D eigenvalue weighted by molar-refractivity contribution is 5.89. The maximum absolute atomic E-state index is 13.0. The molecule has 9 heteroatoms. The molecular weight excluding hydrogens is 311 g/mol. The molecule has 0 bridgehead atoms. The minimum atomic E-state index is -4.88. The first-order chi connectivity index (χ1) is 10.2. The number of rotatable bonds is 3. The fourth-order valence-corrected chi connectivity index (χ4v) is 1.70. The molecule has 4 nitrogen and oxygen atoms in total. The molecule has 0 aliphatic carbocycles. The lowest BCUT2D eigenvalue weighted by Crippen LogP contribution is -2.26. The number of esters is 1. The Kier molecular flexibility index (Phi) is 4.16. The fourth-order valence-electron chi connectivity index (χ4n) is 1.70. The summed E-state index contributed by atoms with van der Waals surface area (Å²) in [5.74, 6) is -4.01. The van der Waals surface area contributed by atoms with Gasteiger partial charge in [0.1, 0.15) is 0 Å². The summed E-state index contributed by atoms with van der Waals surface area (Å²) in [5.41, 5.74) is -0.914. The lowest BCUT2D eigenvalue weighted by atomic mass is 10.2. The van der Waals surface area contributed by atoms with Gasteiger partial charge in [0.15, 0.2) is 11.6 Å². The van der Waals surface area contributed by atoms with Gasteiger partial charge in [-0.3, -0.25) is 4.68 Å². The molecule has 1 heterocycles. The van der Waals surface area contributed by atoms with E-state index in [-0.39, 0.29) is 5.56 Å². The SMILES string of the molecule is Cn1cc(C(OC(=O)c2ccc(F)c(F)c2)C(F)(F)F)cn1. The van der Waals surface area contributed by atoms with Crippen LogP contribution in [0, 0.1) is 11.6 Å². The molecule has 22 heavy (non-hydrogen) atoms. The normalized spacial score (nSPS) is 13.0. The third-order valence-corrected chi connectivity index (χ3v) is 2.71. The Morgan fingerprint density at radius 3 is 2.45 bits per heavy atom. The quantitative estimate of drug-likeness (QED) is 0.644. The number of carbonyl (C=O) groups is 1. The number of halogens is 5. The first-order valence-corrected chi connectivity index (χ1v) is 5.90. The number of carbonyl (C=O) groups excluding carboxylic acids is 1. The van der Waals surface area contributed by atoms with Crippen molar-refractivity contribution in [2.45, 2.75) is 12.3 Å². The van der Waals surface area contributed by atoms with Crippen LogP contribution in [0.15, 0.2) is 30.6 Å². The van der Waals surface area contributed by atoms with Crippen molar-refractivity contribution >= 4 is 5.97 Å². The molecule has 1 unspecified atom stereocenters. The van der Waals surface area contributed by atoms with Gasteiger partial charge >= 0.3 is 12.1 Å². The van der Waals surface area contributed by atoms with E-state index in [1.807, 2.05) is 0 Å². The Bertz CT molecular complexity index is 696. The van der Waals surface area contributed by atoms with E-state index >= 15 is 0 Å². The van der Waals surface area contributed by atoms with E-state index in [0.717, 1.165) is 23.1 Å². The number of nitrogens with zero attached hydrogens (tertiary/aromatic N) is 2. The van der Waals surface area contributed by atoms with E-state index in [0.29, 0.717) is 12.1 Å². The van der Waals surface area contributed by atoms with Crippen LogP contribution in [0.2, 0.25) is 0 Å². The van der Waals surface area contributed by atoms with Crippen molar-refractivity contribution in [3.8, 4) is 0 Å². The average molecular weight is 320 g/mol. The standard InChI is InChI=1S/C13H9F5N2O2/c1-20-6-8(5-19-20)11(13(16,17)18)22-12(21)7-2-3-9(14)10(15)4-7/h2-6,11H,1H3. The van der Waals surface area contributed by atoms with E-state index in [9.17, 15) is 26.7 Å². The van der Waals surface area contributed by atoms with Gasteiger partial charge in [0, 0.05) is 18.8 Å². The summed E-state index contributed by atoms with van der Waals surface area (Å²) >= 11 is 0. The van der Waals surface area contributed by atoms with Gasteiger partial charge in [-0.1, -0.05) is 0 Å². The number of alkyl halides is 3. The minimum absolute atomic E-state index is 0.383. The largest absolute Gasteiger partial charge is 0.444 e. The molecule has 118 valence electrons. The second-order valence-corrected chi connectivity index (χ2v) is 4.40. The van der Waals surface area contributed by atoms with Crippen LogP contribution in [0.4, 0.5) is 22.0 Å². The van der Waals surface area contributed by atoms with Gasteiger partial charge in [-0.25, -0.2) is 13.6 Å². The molecule has 1 aromatic carbocycles. The number of ether oxygens (including phenoxy) is 1. The van der Waals surface area contributed by atoms with Crippen LogP contribution >= 0.6 is 0 Å². The third-order valence-electron chi connectivity index (χ3n) is 2.71. The van der Waals surface area contributed by atoms with Crippen molar-refractivity contribution in [1.29, 1.82) is 0 Å². The summed E-state index contributed by atoms with van der Waals surface area (Å²) < 4.78 is 70.2. The molecule has 2 aromatic rings. The molecule has 0 spiro atoms. The van der Waals surface area contributed by atoms with Gasteiger partial charge in [0.05, 0.1) is 11.8 Å². The van der Waals surface area contributed by atoms with Crippen molar-refractivity contribution in [1.82, 2.24) is 9.78 Å². The van der Waals surface area contributed by atoms with Crippen LogP contribution in [0.1, 0.15) is 22.0 Å². The number of benzene rings is 1. The molecule has 1 aromatic heterocycles. The zero-order valence-corrected chi connectivity index (χ0v) is 11.1. The molecule has 0 saturated heterocycles. The van der Waals surface area contributed by atoms with Crippen LogP contribution in [0.25, 0.3) is 0 Å². The summed E-state index contributed by atoms with van der Waals surface area (Å²) in [4.78, 5) is 11.7. The Balaban J connectivity index is 2.27. The highest BCUT2D eigenvalue weighted by Crippen LogP contribution is 2.36. The van der Waals surface area contributed by atoms with Crippen LogP contribution < -0.4 is 0 Å². The number of hydrogen-bond acceptors (Lipinski definition) is 3. The fraction of sp³-hybridized carbons (Fsp3) is 0.231. The molecule has 0 fully saturated rings. The van der Waals surface area contributed by atoms with Gasteiger partial charge in [-0.15, -0.1) is 0 Å². The van der Waals surface area contributed by atoms with Gasteiger partial charge in [-0.05, 0) is 18.2 Å². The predicted octanol–water partition coefficient (Wildman–Crippen LogP) is 3.16. The Morgan fingerprint density at radius 2 is 1.95 bits per heavy atom. The molecule has 1 atom stereocenters. The third kappa shape index (κ3) is 3.41. The van der Waals surface area contributed by atoms with Crippen LogP contribution in [-0.4, -0.2) is 21.9 Å². The maximum Gasteiger partial charge on any atom is 0.429 e. The van der Waals surface area contributed by atoms with Crippen LogP contribution in [-0.2, 0) is 11.8 Å². The smallest absolute Gasteiger partial charge is 0.429 e. The first-order valence-electron chi connectivity index (χ1n) is 5.90. The summed E-state index contributed by atoms with van der Waals surface area (Å²) in [7, 11) is 1.40. The molecule has 0 N–H and O–H groups in total. The topological polar surface area (TPSA) is 44.1 Å². The predicted molar refractivity (Wildman–Crippen MR) is 63.8 cm³/mol. The molecule has 0 aliphatic heterocycles. The van der Waals surface area contributed by atoms with Crippen molar-refractivity contribution in [2.24, 2.45) is 7.05 Å². The van der Waals surface area contributed by atoms with Gasteiger partial charge in [-0.2, -0.15) is 18.3 Å². The summed E-state index contributed by atoms with van der Waals surface area (Å²) in [6.07, 6.45) is -5.49. The second-order valence-electron chi connectivity index (χ2n) is 4.40. The lowest BCUT2D eigenvalue weighted by molar-refractivity contribution is -0.207. The molecule has 0 saturated carbocycles. The van der Waals surface area contributed by atoms with E-state index < -0.39 is 35.4 Å². The lowest BCUT2D eigenvalue weighted by Gasteiger charge is -2.19. The van der Waals surface area contributed by atoms with E-state index in [1.54, 1.807) is 0 Å². The van der Waals surface area contributed by atoms with Gasteiger partial charge in [0.25, 0.3) is 0 Å². The van der Waals surface area contributed by atoms with Crippen LogP contribution in [0.5, 0.6) is 0 Å². The monoisotopic (exact) mass is 320 g/mol. The minimum Gasteiger partial charge on any atom is -0.444 e. The highest BCUT2D eigenvalue weighted by Gasteiger charge is 2.45.